The van der Waals surface area contributed by atoms with Crippen molar-refractivity contribution in [2.75, 3.05) is 0 Å². The van der Waals surface area contributed by atoms with Crippen LogP contribution in [0.15, 0.2) is 83.9 Å². The number of halogens is 2. The average molecular weight is 608 g/mol. The van der Waals surface area contributed by atoms with E-state index < -0.39 is 0 Å². The molecule has 0 N–H and O–H groups in total. The quantitative estimate of drug-likeness (QED) is 0.243. The Balaban J connectivity index is 0.000000285. The van der Waals surface area contributed by atoms with Crippen LogP contribution in [0, 0.1) is 12.2 Å². The Bertz CT molecular complexity index is 1240. The van der Waals surface area contributed by atoms with E-state index in [9.17, 15) is 0 Å². The van der Waals surface area contributed by atoms with Crippen molar-refractivity contribution in [3.8, 4) is 0 Å². The van der Waals surface area contributed by atoms with Gasteiger partial charge in [-0.15, -0.1) is 57.3 Å². The summed E-state index contributed by atoms with van der Waals surface area (Å²) in [6.45, 7) is 8.79. The summed E-state index contributed by atoms with van der Waals surface area (Å²) in [5.74, 6) is 0. The Labute approximate surface area is 251 Å². The Kier molecular flexibility index (Phi) is 14.2. The maximum absolute atomic E-state index is 3.46. The van der Waals surface area contributed by atoms with Gasteiger partial charge in [-0.2, -0.15) is 23.3 Å². The Morgan fingerprint density at radius 3 is 1.36 bits per heavy atom. The zero-order chi connectivity index (χ0) is 23.2. The molecule has 4 aromatic rings. The summed E-state index contributed by atoms with van der Waals surface area (Å²) < 4.78 is 0. The van der Waals surface area contributed by atoms with Crippen molar-refractivity contribution >= 4 is 31.1 Å². The zero-order valence-corrected chi connectivity index (χ0v) is 26.7. The summed E-state index contributed by atoms with van der Waals surface area (Å²) in [5.41, 5.74) is 8.14. The van der Waals surface area contributed by atoms with Crippen LogP contribution in [0.4, 0.5) is 0 Å². The molecule has 0 saturated carbocycles. The van der Waals surface area contributed by atoms with E-state index in [-0.39, 0.29) is 51.0 Å². The standard InChI is InChI=1S/2C14H11.C4H11Si.2ClH.Zr/c2*1-10-8-12-7-6-11-4-2-3-5-13(11)14(12)9-10;1-3-5-4-2;;;/h2*2-7H,8H2,1H3;5H,3-4H2,1-2H3;2*1H;/q2*-1;;;;+4/p-2. The minimum absolute atomic E-state index is 0. The van der Waals surface area contributed by atoms with Crippen molar-refractivity contribution in [2.24, 2.45) is 0 Å². The van der Waals surface area contributed by atoms with E-state index in [1.54, 1.807) is 0 Å². The Morgan fingerprint density at radius 2 is 1.00 bits per heavy atom. The number of allylic oxidation sites excluding steroid dienone is 2. The number of hydrogen-bond acceptors (Lipinski definition) is 0. The molecule has 36 heavy (non-hydrogen) atoms. The molecule has 0 aromatic heterocycles. The van der Waals surface area contributed by atoms with Crippen molar-refractivity contribution in [1.82, 2.24) is 0 Å². The van der Waals surface area contributed by atoms with Crippen molar-refractivity contribution < 1.29 is 51.0 Å². The predicted octanol–water partition coefficient (Wildman–Crippen LogP) is 2.29. The molecule has 4 heteroatoms. The molecular weight excluding hydrogens is 575 g/mol. The van der Waals surface area contributed by atoms with E-state index in [2.05, 4.69) is 113 Å². The van der Waals surface area contributed by atoms with Gasteiger partial charge in [0.15, 0.2) is 0 Å². The average Bonchev–Trinajstić information content (AvgIpc) is 3.42. The second-order valence-corrected chi connectivity index (χ2v) is 11.1. The first-order valence-corrected chi connectivity index (χ1v) is 13.8. The third-order valence-corrected chi connectivity index (χ3v) is 7.35. The molecule has 0 spiro atoms. The molecule has 2 aliphatic carbocycles. The van der Waals surface area contributed by atoms with Crippen LogP contribution < -0.4 is 24.8 Å². The summed E-state index contributed by atoms with van der Waals surface area (Å²) in [4.78, 5) is 0. The van der Waals surface area contributed by atoms with E-state index in [1.807, 2.05) is 0 Å². The predicted molar refractivity (Wildman–Crippen MR) is 146 cm³/mol. The molecular formula is C32H33Cl2SiZr. The number of fused-ring (bicyclic) bond motifs is 6. The van der Waals surface area contributed by atoms with Crippen LogP contribution in [-0.2, 0) is 39.0 Å². The fourth-order valence-electron chi connectivity index (χ4n) is 4.60. The van der Waals surface area contributed by atoms with Gasteiger partial charge in [-0.3, -0.25) is 0 Å². The monoisotopic (exact) mass is 605 g/mol. The fourth-order valence-corrected chi connectivity index (χ4v) is 5.18. The molecule has 6 rings (SSSR count). The Hall–Kier alpha value is -1.44. The summed E-state index contributed by atoms with van der Waals surface area (Å²) in [6.07, 6.45) is 9.05. The third kappa shape index (κ3) is 7.78. The van der Waals surface area contributed by atoms with Gasteiger partial charge in [0.1, 0.15) is 0 Å². The van der Waals surface area contributed by atoms with Gasteiger partial charge >= 0.3 is 26.2 Å². The van der Waals surface area contributed by atoms with Gasteiger partial charge in [-0.1, -0.05) is 112 Å². The molecule has 0 nitrogen and oxygen atoms in total. The minimum Gasteiger partial charge on any atom is -1.00 e. The first-order valence-electron chi connectivity index (χ1n) is 12.1. The van der Waals surface area contributed by atoms with E-state index in [0.29, 0.717) is 0 Å². The number of rotatable bonds is 2. The number of benzene rings is 4. The molecule has 0 saturated heterocycles. The molecule has 0 fully saturated rings. The molecule has 0 amide bonds. The first kappa shape index (κ1) is 32.6. The second kappa shape index (κ2) is 15.7. The van der Waals surface area contributed by atoms with Crippen LogP contribution in [0.1, 0.15) is 49.9 Å². The zero-order valence-electron chi connectivity index (χ0n) is 21.6. The minimum atomic E-state index is 0. The van der Waals surface area contributed by atoms with Crippen LogP contribution in [0.5, 0.6) is 0 Å². The molecule has 0 heterocycles. The van der Waals surface area contributed by atoms with Crippen LogP contribution in [0.25, 0.3) is 21.5 Å². The van der Waals surface area contributed by atoms with E-state index in [4.69, 9.17) is 0 Å². The molecule has 183 valence electrons. The van der Waals surface area contributed by atoms with Crippen LogP contribution in [0.3, 0.4) is 0 Å². The smallest absolute Gasteiger partial charge is 1.00 e. The van der Waals surface area contributed by atoms with Gasteiger partial charge in [0, 0.05) is 9.52 Å². The van der Waals surface area contributed by atoms with Crippen LogP contribution in [-0.4, -0.2) is 9.52 Å². The van der Waals surface area contributed by atoms with Gasteiger partial charge in [0.25, 0.3) is 0 Å². The molecule has 1 radical (unpaired) electrons. The summed E-state index contributed by atoms with van der Waals surface area (Å²) in [5, 5.41) is 5.30. The maximum atomic E-state index is 3.46. The molecule has 0 aliphatic heterocycles. The van der Waals surface area contributed by atoms with Gasteiger partial charge in [-0.05, 0) is 0 Å². The topological polar surface area (TPSA) is 0 Å². The summed E-state index contributed by atoms with van der Waals surface area (Å²) in [6, 6.07) is 28.7. The molecule has 0 bridgehead atoms. The van der Waals surface area contributed by atoms with Gasteiger partial charge in [0.05, 0.1) is 0 Å². The Morgan fingerprint density at radius 1 is 0.611 bits per heavy atom. The SMILES string of the molecule is CC1=[C-]c2c(ccc3ccccc23)C1.CC1=[C-]c2c(ccc3ccccc23)C1.CC[SiH]CC.[Cl-].[Cl-].[Zr+4]. The van der Waals surface area contributed by atoms with Gasteiger partial charge in [-0.25, -0.2) is 0 Å². The summed E-state index contributed by atoms with van der Waals surface area (Å²) in [7, 11) is 0.815. The van der Waals surface area contributed by atoms with Crippen molar-refractivity contribution in [1.29, 1.82) is 0 Å². The van der Waals surface area contributed by atoms with Crippen molar-refractivity contribution in [3.05, 3.63) is 118 Å². The fraction of sp³-hybridized carbons (Fsp3) is 0.250. The summed E-state index contributed by atoms with van der Waals surface area (Å²) >= 11 is 0. The van der Waals surface area contributed by atoms with E-state index in [1.165, 1.54) is 67.0 Å². The maximum Gasteiger partial charge on any atom is 4.00 e. The number of hydrogen-bond donors (Lipinski definition) is 0. The largest absolute Gasteiger partial charge is 4.00 e. The van der Waals surface area contributed by atoms with Crippen LogP contribution in [0.2, 0.25) is 12.1 Å². The molecule has 0 atom stereocenters. The molecule has 0 unspecified atom stereocenters. The van der Waals surface area contributed by atoms with Crippen molar-refractivity contribution in [2.45, 2.75) is 52.6 Å². The molecule has 4 aromatic carbocycles. The van der Waals surface area contributed by atoms with Crippen molar-refractivity contribution in [3.63, 3.8) is 0 Å². The van der Waals surface area contributed by atoms with Gasteiger partial charge < -0.3 is 24.8 Å². The first-order chi connectivity index (χ1) is 16.1. The normalized spacial score (nSPS) is 12.2. The second-order valence-electron chi connectivity index (χ2n) is 8.91. The van der Waals surface area contributed by atoms with E-state index in [0.717, 1.165) is 22.4 Å². The van der Waals surface area contributed by atoms with E-state index >= 15 is 0 Å². The van der Waals surface area contributed by atoms with Crippen LogP contribution >= 0.6 is 0 Å². The third-order valence-electron chi connectivity index (χ3n) is 6.20. The molecule has 2 aliphatic rings. The van der Waals surface area contributed by atoms with Gasteiger partial charge in [0.2, 0.25) is 0 Å².